The molecule has 0 aromatic carbocycles. The van der Waals surface area contributed by atoms with E-state index in [4.69, 9.17) is 42.6 Å². The maximum Gasteiger partial charge on any atom is 0.162 e. The van der Waals surface area contributed by atoms with Crippen molar-refractivity contribution >= 4 is 58.8 Å². The van der Waals surface area contributed by atoms with Crippen molar-refractivity contribution in [2.24, 2.45) is 27.1 Å². The summed E-state index contributed by atoms with van der Waals surface area (Å²) in [5.74, 6) is 9.31. The highest BCUT2D eigenvalue weighted by molar-refractivity contribution is 8.18. The summed E-state index contributed by atoms with van der Waals surface area (Å²) in [6, 6.07) is 0. The van der Waals surface area contributed by atoms with Gasteiger partial charge in [-0.2, -0.15) is 35.3 Å². The number of hydrogen-bond donors (Lipinski definition) is 0. The number of rotatable bonds is 0. The molecule has 10 saturated heterocycles. The summed E-state index contributed by atoms with van der Waals surface area (Å²) in [5.41, 5.74) is 2.78. The van der Waals surface area contributed by atoms with E-state index in [9.17, 15) is 0 Å². The molecule has 80 heavy (non-hydrogen) atoms. The summed E-state index contributed by atoms with van der Waals surface area (Å²) in [5, 5.41) is 0. The van der Waals surface area contributed by atoms with E-state index < -0.39 is 0 Å². The quantitative estimate of drug-likeness (QED) is 0.231. The molecule has 480 valence electrons. The smallest absolute Gasteiger partial charge is 0.162 e. The first-order valence-corrected chi connectivity index (χ1v) is 36.9. The van der Waals surface area contributed by atoms with Crippen LogP contribution in [0.1, 0.15) is 248 Å². The maximum absolute atomic E-state index is 5.47. The molecule has 0 saturated carbocycles. The van der Waals surface area contributed by atoms with Crippen molar-refractivity contribution in [2.75, 3.05) is 120 Å². The van der Waals surface area contributed by atoms with Gasteiger partial charge in [-0.3, -0.25) is 0 Å². The van der Waals surface area contributed by atoms with E-state index in [1.165, 1.54) is 137 Å². The minimum Gasteiger partial charge on any atom is -0.381 e. The molecule has 10 aliphatic heterocycles. The first-order valence-electron chi connectivity index (χ1n) is 31.6. The van der Waals surface area contributed by atoms with E-state index in [1.54, 1.807) is 0 Å². The summed E-state index contributed by atoms with van der Waals surface area (Å²) >= 11 is 10.5. The Morgan fingerprint density at radius 1 is 0.275 bits per heavy atom. The third-order valence-electron chi connectivity index (χ3n) is 15.2. The van der Waals surface area contributed by atoms with Crippen LogP contribution in [0.2, 0.25) is 0 Å². The van der Waals surface area contributed by atoms with Gasteiger partial charge >= 0.3 is 0 Å². The van der Waals surface area contributed by atoms with Gasteiger partial charge in [-0.1, -0.05) is 89.5 Å². The molecule has 0 aromatic rings. The van der Waals surface area contributed by atoms with E-state index in [-0.39, 0.29) is 22.4 Å². The molecule has 0 unspecified atom stereocenters. The highest BCUT2D eigenvalue weighted by Gasteiger charge is 2.27. The van der Waals surface area contributed by atoms with Crippen LogP contribution < -0.4 is 0 Å². The molecule has 0 radical (unpaired) electrons. The highest BCUT2D eigenvalue weighted by atomic mass is 32.2. The second-order valence-corrected chi connectivity index (χ2v) is 37.7. The minimum atomic E-state index is -0.321. The third-order valence-corrected chi connectivity index (χ3v) is 22.3. The van der Waals surface area contributed by atoms with Gasteiger partial charge in [0.05, 0.1) is 54.9 Å². The number of ether oxygens (including phenoxy) is 9. The summed E-state index contributed by atoms with van der Waals surface area (Å²) < 4.78 is 47.9. The van der Waals surface area contributed by atoms with E-state index in [2.05, 4.69) is 183 Å². The average Bonchev–Trinajstić information content (AvgIpc) is 3.35. The summed E-state index contributed by atoms with van der Waals surface area (Å²) in [6.45, 7) is 54.4. The molecule has 0 aromatic heterocycles. The largest absolute Gasteiger partial charge is 0.381 e. The normalized spacial score (nSPS) is 27.8. The molecule has 10 rings (SSSR count). The molecule has 0 N–H and O–H groups in total. The monoisotopic (exact) mass is 1230 g/mol. The minimum absolute atomic E-state index is 0.0538. The fourth-order valence-corrected chi connectivity index (χ4v) is 15.6. The Morgan fingerprint density at radius 2 is 0.800 bits per heavy atom. The molecule has 10 fully saturated rings. The van der Waals surface area contributed by atoms with Crippen molar-refractivity contribution in [2.45, 2.75) is 273 Å². The lowest BCUT2D eigenvalue weighted by Gasteiger charge is -2.29. The lowest BCUT2D eigenvalue weighted by molar-refractivity contribution is -0.244. The van der Waals surface area contributed by atoms with Crippen molar-refractivity contribution in [3.63, 3.8) is 0 Å². The van der Waals surface area contributed by atoms with Gasteiger partial charge in [0, 0.05) is 36.6 Å². The summed E-state index contributed by atoms with van der Waals surface area (Å²) in [6.07, 6.45) is 22.3. The van der Waals surface area contributed by atoms with Crippen LogP contribution in [-0.4, -0.2) is 146 Å². The molecule has 0 spiro atoms. The van der Waals surface area contributed by atoms with E-state index in [1.807, 2.05) is 13.8 Å². The molecule has 10 aliphatic rings. The van der Waals surface area contributed by atoms with Gasteiger partial charge in [0.1, 0.15) is 13.6 Å². The molecule has 0 atom stereocenters. The Kier molecular flexibility index (Phi) is 40.5. The van der Waals surface area contributed by atoms with Gasteiger partial charge in [-0.15, -0.1) is 23.5 Å². The average molecular weight is 1230 g/mol. The van der Waals surface area contributed by atoms with Gasteiger partial charge < -0.3 is 42.6 Å². The van der Waals surface area contributed by atoms with Crippen molar-refractivity contribution in [3.05, 3.63) is 0 Å². The zero-order valence-corrected chi connectivity index (χ0v) is 60.3. The molecule has 0 bridgehead atoms. The fraction of sp³-hybridized carbons (Fsp3) is 1.00. The number of thioether (sulfide) groups is 5. The highest BCUT2D eigenvalue weighted by Crippen LogP contribution is 2.41. The molecule has 14 heteroatoms. The second-order valence-electron chi connectivity index (χ2n) is 29.9. The standard InChI is InChI=1S/3C7H14O.3C7H14S.3C6H12O2.C6H12S2/c1-7(2)3-5-8-6-4-7;1-7(2)4-3-5-8-6-7;1-7(2)5-3-4-6-8-7;1-7(2)3-5-8-6-4-7;1-7(2)4-3-5-8-6-7;1-7(2)5-3-4-6-8-7;1-6(2)3-7-5-8-4-6;1-6(2)3-4-7-5-8-6;2*1-6(2)7-4-3-5-8-6/h6*3-6H2,1-2H3;4*3-5H2,1-2H3. The van der Waals surface area contributed by atoms with Crippen molar-refractivity contribution in [1.29, 1.82) is 0 Å². The van der Waals surface area contributed by atoms with Crippen LogP contribution in [0, 0.1) is 27.1 Å². The first-order chi connectivity index (χ1) is 37.1. The second kappa shape index (κ2) is 40.8. The SMILES string of the molecule is CC1(C)CCCCO1.CC1(C)CCCCS1.CC1(C)CCCOC1.CC1(C)CCCSC1.CC1(C)CCOCC1.CC1(C)CCOCO1.CC1(C)CCSCC1.CC1(C)COCOC1.CC1(C)OCCCO1.CC1(C)SCCCS1. The maximum atomic E-state index is 5.47. The first kappa shape index (κ1) is 79.4. The number of hydrogen-bond acceptors (Lipinski definition) is 14. The van der Waals surface area contributed by atoms with Crippen LogP contribution in [0.5, 0.6) is 0 Å². The predicted octanol–water partition coefficient (Wildman–Crippen LogP) is 19.3. The molecular weight excluding hydrogens is 1100 g/mol. The molecule has 10 heterocycles. The molecular formula is C66H132O9S5. The van der Waals surface area contributed by atoms with Crippen LogP contribution in [0.25, 0.3) is 0 Å². The van der Waals surface area contributed by atoms with Crippen LogP contribution in [0.15, 0.2) is 0 Å². The topological polar surface area (TPSA) is 83.1 Å². The lowest BCUT2D eigenvalue weighted by Crippen LogP contribution is -2.33. The zero-order valence-electron chi connectivity index (χ0n) is 56.2. The fourth-order valence-electron chi connectivity index (χ4n) is 9.00. The predicted molar refractivity (Wildman–Crippen MR) is 358 cm³/mol. The van der Waals surface area contributed by atoms with E-state index >= 15 is 0 Å². The summed E-state index contributed by atoms with van der Waals surface area (Å²) in [7, 11) is 0. The lowest BCUT2D eigenvalue weighted by atomic mass is 9.85. The van der Waals surface area contributed by atoms with Crippen LogP contribution in [0.3, 0.4) is 0 Å². The third kappa shape index (κ3) is 47.5. The Labute approximate surface area is 518 Å². The Bertz CT molecular complexity index is 1070. The molecule has 0 aliphatic carbocycles. The van der Waals surface area contributed by atoms with Gasteiger partial charge in [0.2, 0.25) is 0 Å². The van der Waals surface area contributed by atoms with E-state index in [0.29, 0.717) is 44.1 Å². The molecule has 0 amide bonds. The van der Waals surface area contributed by atoms with Gasteiger partial charge in [-0.25, -0.2) is 0 Å². The van der Waals surface area contributed by atoms with Crippen molar-refractivity contribution in [3.8, 4) is 0 Å². The van der Waals surface area contributed by atoms with Gasteiger partial charge in [0.15, 0.2) is 5.79 Å². The Hall–Kier alpha value is 1.39. The van der Waals surface area contributed by atoms with Crippen LogP contribution >= 0.6 is 58.8 Å². The van der Waals surface area contributed by atoms with Crippen LogP contribution in [-0.2, 0) is 42.6 Å². The van der Waals surface area contributed by atoms with Crippen LogP contribution in [0.4, 0.5) is 0 Å². The Morgan fingerprint density at radius 3 is 1.05 bits per heavy atom. The van der Waals surface area contributed by atoms with Crippen molar-refractivity contribution < 1.29 is 42.6 Å². The van der Waals surface area contributed by atoms with Crippen molar-refractivity contribution in [1.82, 2.24) is 0 Å². The van der Waals surface area contributed by atoms with Gasteiger partial charge in [0.25, 0.3) is 0 Å². The van der Waals surface area contributed by atoms with E-state index in [0.717, 1.165) is 78.9 Å². The zero-order chi connectivity index (χ0) is 60.4. The summed E-state index contributed by atoms with van der Waals surface area (Å²) in [4.78, 5) is 0. The Balaban J connectivity index is 0.000000444. The van der Waals surface area contributed by atoms with Gasteiger partial charge in [-0.05, 0) is 220 Å². The molecule has 9 nitrogen and oxygen atoms in total.